The molecule has 1 aromatic heterocycles. The number of nitriles is 1. The fourth-order valence-corrected chi connectivity index (χ4v) is 1.67. The molecule has 0 aliphatic carbocycles. The quantitative estimate of drug-likeness (QED) is 0.889. The van der Waals surface area contributed by atoms with Crippen molar-refractivity contribution in [3.8, 4) is 11.8 Å². The number of rotatable bonds is 4. The van der Waals surface area contributed by atoms with Crippen molar-refractivity contribution in [2.45, 2.75) is 6.54 Å². The Labute approximate surface area is 106 Å². The van der Waals surface area contributed by atoms with Crippen LogP contribution in [-0.4, -0.2) is 16.9 Å². The first-order valence-electron chi connectivity index (χ1n) is 5.52. The number of aromatic nitrogens is 2. The summed E-state index contributed by atoms with van der Waals surface area (Å²) in [6, 6.07) is 7.68. The fourth-order valence-electron chi connectivity index (χ4n) is 1.67. The third kappa shape index (κ3) is 2.61. The van der Waals surface area contributed by atoms with E-state index in [-0.39, 0.29) is 0 Å². The highest BCUT2D eigenvalue weighted by Gasteiger charge is 2.03. The van der Waals surface area contributed by atoms with E-state index in [0.717, 1.165) is 11.3 Å². The summed E-state index contributed by atoms with van der Waals surface area (Å²) in [6.07, 6.45) is 3.66. The number of hydrogen-bond donors (Lipinski definition) is 1. The maximum atomic E-state index is 9.00. The summed E-state index contributed by atoms with van der Waals surface area (Å²) in [4.78, 5) is 0. The average Bonchev–Trinajstić information content (AvgIpc) is 2.81. The highest BCUT2D eigenvalue weighted by atomic mass is 16.5. The van der Waals surface area contributed by atoms with Gasteiger partial charge >= 0.3 is 0 Å². The maximum absolute atomic E-state index is 9.00. The van der Waals surface area contributed by atoms with Crippen LogP contribution >= 0.6 is 0 Å². The Kier molecular flexibility index (Phi) is 3.49. The van der Waals surface area contributed by atoms with E-state index in [1.54, 1.807) is 24.1 Å². The summed E-state index contributed by atoms with van der Waals surface area (Å²) < 4.78 is 6.83. The molecular formula is C13H14N4O. The Morgan fingerprint density at radius 3 is 2.94 bits per heavy atom. The molecule has 92 valence electrons. The van der Waals surface area contributed by atoms with Gasteiger partial charge in [-0.15, -0.1) is 0 Å². The van der Waals surface area contributed by atoms with E-state index >= 15 is 0 Å². The molecule has 0 saturated heterocycles. The van der Waals surface area contributed by atoms with E-state index in [1.807, 2.05) is 25.4 Å². The third-order valence-corrected chi connectivity index (χ3v) is 2.59. The predicted octanol–water partition coefficient (Wildman–Crippen LogP) is 1.91. The Balaban J connectivity index is 2.08. The lowest BCUT2D eigenvalue weighted by Crippen LogP contribution is -1.99. The number of benzene rings is 1. The molecule has 0 aliphatic heterocycles. The average molecular weight is 242 g/mol. The second kappa shape index (κ2) is 5.23. The molecule has 1 heterocycles. The molecule has 18 heavy (non-hydrogen) atoms. The molecule has 0 atom stereocenters. The molecule has 0 amide bonds. The molecule has 2 rings (SSSR count). The Morgan fingerprint density at radius 2 is 2.33 bits per heavy atom. The zero-order chi connectivity index (χ0) is 13.0. The van der Waals surface area contributed by atoms with E-state index in [4.69, 9.17) is 10.00 Å². The lowest BCUT2D eigenvalue weighted by Gasteiger charge is -2.07. The minimum Gasteiger partial charge on any atom is -0.495 e. The third-order valence-electron chi connectivity index (χ3n) is 2.59. The highest BCUT2D eigenvalue weighted by Crippen LogP contribution is 2.19. The van der Waals surface area contributed by atoms with Gasteiger partial charge in [-0.2, -0.15) is 10.4 Å². The first-order valence-corrected chi connectivity index (χ1v) is 5.52. The summed E-state index contributed by atoms with van der Waals surface area (Å²) >= 11 is 0. The first-order chi connectivity index (χ1) is 8.72. The van der Waals surface area contributed by atoms with Gasteiger partial charge in [-0.05, 0) is 17.7 Å². The summed E-state index contributed by atoms with van der Waals surface area (Å²) in [7, 11) is 3.43. The van der Waals surface area contributed by atoms with Crippen LogP contribution in [0.5, 0.6) is 5.75 Å². The number of aryl methyl sites for hydroxylation is 1. The van der Waals surface area contributed by atoms with Gasteiger partial charge < -0.3 is 10.1 Å². The largest absolute Gasteiger partial charge is 0.495 e. The minimum atomic E-state index is 0.544. The molecule has 5 heteroatoms. The summed E-state index contributed by atoms with van der Waals surface area (Å²) in [5, 5.41) is 16.3. The van der Waals surface area contributed by atoms with Crippen molar-refractivity contribution < 1.29 is 4.74 Å². The van der Waals surface area contributed by atoms with E-state index in [1.165, 1.54) is 0 Å². The van der Waals surface area contributed by atoms with Crippen LogP contribution in [0.2, 0.25) is 0 Å². The predicted molar refractivity (Wildman–Crippen MR) is 68.2 cm³/mol. The van der Waals surface area contributed by atoms with Crippen LogP contribution in [0.1, 0.15) is 11.1 Å². The van der Waals surface area contributed by atoms with Crippen molar-refractivity contribution in [3.63, 3.8) is 0 Å². The number of nitrogens with one attached hydrogen (secondary N) is 1. The molecule has 0 radical (unpaired) electrons. The zero-order valence-corrected chi connectivity index (χ0v) is 10.3. The number of hydrogen-bond acceptors (Lipinski definition) is 4. The topological polar surface area (TPSA) is 62.9 Å². The smallest absolute Gasteiger partial charge is 0.136 e. The molecule has 0 fully saturated rings. The lowest BCUT2D eigenvalue weighted by atomic mass is 10.1. The number of ether oxygens (including phenoxy) is 1. The molecular weight excluding hydrogens is 228 g/mol. The molecule has 0 saturated carbocycles. The van der Waals surface area contributed by atoms with Crippen LogP contribution in [0.4, 0.5) is 5.69 Å². The van der Waals surface area contributed by atoms with Crippen LogP contribution < -0.4 is 10.1 Å². The molecule has 0 unspecified atom stereocenters. The van der Waals surface area contributed by atoms with Gasteiger partial charge in [0, 0.05) is 19.8 Å². The minimum absolute atomic E-state index is 0.544. The van der Waals surface area contributed by atoms with Gasteiger partial charge in [-0.1, -0.05) is 6.07 Å². The summed E-state index contributed by atoms with van der Waals surface area (Å²) in [5.74, 6) is 0.600. The molecule has 0 spiro atoms. The normalized spacial score (nSPS) is 9.83. The fraction of sp³-hybridized carbons (Fsp3) is 0.231. The molecule has 0 bridgehead atoms. The Bertz CT molecular complexity index is 583. The van der Waals surface area contributed by atoms with Gasteiger partial charge in [0.2, 0.25) is 0 Å². The second-order valence-corrected chi connectivity index (χ2v) is 3.90. The number of methoxy groups -OCH3 is 1. The van der Waals surface area contributed by atoms with Gasteiger partial charge in [-0.3, -0.25) is 4.68 Å². The van der Waals surface area contributed by atoms with Crippen molar-refractivity contribution in [3.05, 3.63) is 41.7 Å². The summed E-state index contributed by atoms with van der Waals surface area (Å²) in [5.41, 5.74) is 2.52. The standard InChI is InChI=1S/C13H14N4O/c1-17-9-12(8-16-17)15-7-10-3-4-13(18-2)11(5-10)6-14/h3-5,8-9,15H,7H2,1-2H3. The molecule has 1 N–H and O–H groups in total. The van der Waals surface area contributed by atoms with E-state index in [0.29, 0.717) is 17.9 Å². The van der Waals surface area contributed by atoms with Gasteiger partial charge in [0.05, 0.1) is 24.6 Å². The SMILES string of the molecule is COc1ccc(CNc2cnn(C)c2)cc1C#N. The lowest BCUT2D eigenvalue weighted by molar-refractivity contribution is 0.413. The van der Waals surface area contributed by atoms with Crippen LogP contribution in [0.3, 0.4) is 0 Å². The first kappa shape index (κ1) is 12.0. The van der Waals surface area contributed by atoms with Crippen molar-refractivity contribution >= 4 is 5.69 Å². The van der Waals surface area contributed by atoms with E-state index in [9.17, 15) is 0 Å². The van der Waals surface area contributed by atoms with Gasteiger partial charge in [0.15, 0.2) is 0 Å². The number of anilines is 1. The van der Waals surface area contributed by atoms with Crippen molar-refractivity contribution in [2.75, 3.05) is 12.4 Å². The zero-order valence-electron chi connectivity index (χ0n) is 10.3. The van der Waals surface area contributed by atoms with Crippen LogP contribution in [0.25, 0.3) is 0 Å². The monoisotopic (exact) mass is 242 g/mol. The van der Waals surface area contributed by atoms with Gasteiger partial charge in [-0.25, -0.2) is 0 Å². The van der Waals surface area contributed by atoms with Gasteiger partial charge in [0.1, 0.15) is 11.8 Å². The Morgan fingerprint density at radius 1 is 1.50 bits per heavy atom. The Hall–Kier alpha value is -2.48. The van der Waals surface area contributed by atoms with E-state index in [2.05, 4.69) is 16.5 Å². The summed E-state index contributed by atoms with van der Waals surface area (Å²) in [6.45, 7) is 0.643. The van der Waals surface area contributed by atoms with Crippen molar-refractivity contribution in [1.82, 2.24) is 9.78 Å². The molecule has 1 aromatic carbocycles. The molecule has 5 nitrogen and oxygen atoms in total. The van der Waals surface area contributed by atoms with Crippen LogP contribution in [0, 0.1) is 11.3 Å². The van der Waals surface area contributed by atoms with Crippen LogP contribution in [0.15, 0.2) is 30.6 Å². The second-order valence-electron chi connectivity index (χ2n) is 3.90. The van der Waals surface area contributed by atoms with Crippen molar-refractivity contribution in [2.24, 2.45) is 7.05 Å². The molecule has 0 aliphatic rings. The molecule has 2 aromatic rings. The van der Waals surface area contributed by atoms with Gasteiger partial charge in [0.25, 0.3) is 0 Å². The maximum Gasteiger partial charge on any atom is 0.136 e. The van der Waals surface area contributed by atoms with Crippen LogP contribution in [-0.2, 0) is 13.6 Å². The highest BCUT2D eigenvalue weighted by molar-refractivity contribution is 5.47. The van der Waals surface area contributed by atoms with E-state index < -0.39 is 0 Å². The number of nitrogens with zero attached hydrogens (tertiary/aromatic N) is 3. The van der Waals surface area contributed by atoms with Crippen molar-refractivity contribution in [1.29, 1.82) is 5.26 Å².